The second-order valence-corrected chi connectivity index (χ2v) is 45.5. The lowest BCUT2D eigenvalue weighted by molar-refractivity contribution is 0.399. The van der Waals surface area contributed by atoms with Crippen LogP contribution in [0.5, 0.6) is 0 Å². The van der Waals surface area contributed by atoms with Crippen molar-refractivity contribution in [3.63, 3.8) is 0 Å². The van der Waals surface area contributed by atoms with Crippen LogP contribution in [0.2, 0.25) is 0 Å². The van der Waals surface area contributed by atoms with Crippen LogP contribution in [0.3, 0.4) is 0 Å². The Labute approximate surface area is 837 Å². The van der Waals surface area contributed by atoms with Crippen molar-refractivity contribution in [2.75, 3.05) is 4.90 Å². The molecule has 0 atom stereocenters. The van der Waals surface area contributed by atoms with E-state index in [1.54, 1.807) is 33.4 Å². The topological polar surface area (TPSA) is 3.24 Å². The normalized spacial score (nSPS) is 15.2. The Bertz CT molecular complexity index is 6540. The Balaban J connectivity index is 0.661. The second-order valence-electron chi connectivity index (χ2n) is 45.5. The highest BCUT2D eigenvalue weighted by Crippen LogP contribution is 2.64. The van der Waals surface area contributed by atoms with Gasteiger partial charge >= 0.3 is 0 Å². The highest BCUT2D eigenvalue weighted by molar-refractivity contribution is 6.11. The molecular formula is C138H157N. The molecule has 1 nitrogen and oxygen atoms in total. The number of aryl methyl sites for hydroxylation is 2. The molecule has 0 aromatic heterocycles. The molecule has 0 N–H and O–H groups in total. The summed E-state index contributed by atoms with van der Waals surface area (Å²) in [6, 6.07) is 106. The fourth-order valence-electron chi connectivity index (χ4n) is 27.9. The van der Waals surface area contributed by atoms with Gasteiger partial charge in [0.15, 0.2) is 0 Å². The average molecular weight is 1830 g/mol. The smallest absolute Gasteiger partial charge is 0.0543 e. The van der Waals surface area contributed by atoms with Crippen molar-refractivity contribution >= 4 is 27.8 Å². The molecule has 14 aromatic carbocycles. The summed E-state index contributed by atoms with van der Waals surface area (Å²) in [7, 11) is 0. The fourth-order valence-corrected chi connectivity index (χ4v) is 27.9. The van der Waals surface area contributed by atoms with Crippen molar-refractivity contribution in [3.05, 3.63) is 339 Å². The monoisotopic (exact) mass is 1830 g/mol. The van der Waals surface area contributed by atoms with E-state index in [4.69, 9.17) is 0 Å². The van der Waals surface area contributed by atoms with E-state index in [0.717, 1.165) is 0 Å². The Kier molecular flexibility index (Phi) is 27.7. The maximum atomic E-state index is 2.77. The van der Waals surface area contributed by atoms with Gasteiger partial charge in [0.2, 0.25) is 0 Å². The summed E-state index contributed by atoms with van der Waals surface area (Å²) in [6.45, 7) is 33.9. The van der Waals surface area contributed by atoms with Gasteiger partial charge in [-0.25, -0.2) is 0 Å². The summed E-state index contributed by atoms with van der Waals surface area (Å²) in [5.41, 5.74) is 50.7. The molecule has 0 heterocycles. The Hall–Kier alpha value is -10.9. The van der Waals surface area contributed by atoms with E-state index in [1.165, 1.54) is 415 Å². The minimum Gasteiger partial charge on any atom is -0.309 e. The summed E-state index contributed by atoms with van der Waals surface area (Å²) >= 11 is 0. The van der Waals surface area contributed by atoms with Crippen molar-refractivity contribution < 1.29 is 0 Å². The van der Waals surface area contributed by atoms with E-state index in [9.17, 15) is 0 Å². The molecule has 20 rings (SSSR count). The molecule has 0 saturated heterocycles. The van der Waals surface area contributed by atoms with Gasteiger partial charge < -0.3 is 4.90 Å². The second kappa shape index (κ2) is 40.3. The Morgan fingerprint density at radius 2 is 0.417 bits per heavy atom. The number of anilines is 3. The zero-order valence-corrected chi connectivity index (χ0v) is 87.2. The molecule has 714 valence electrons. The highest BCUT2D eigenvalue weighted by Gasteiger charge is 2.49. The highest BCUT2D eigenvalue weighted by atomic mass is 15.1. The molecule has 14 aromatic rings. The molecule has 0 aliphatic heterocycles. The maximum Gasteiger partial charge on any atom is 0.0543 e. The quantitative estimate of drug-likeness (QED) is 0.0344. The number of benzene rings is 14. The lowest BCUT2D eigenvalue weighted by Crippen LogP contribution is -2.26. The first kappa shape index (κ1) is 95.7. The van der Waals surface area contributed by atoms with Crippen molar-refractivity contribution in [2.24, 2.45) is 0 Å². The fraction of sp³-hybridized carbons (Fsp3) is 0.406. The van der Waals surface area contributed by atoms with Gasteiger partial charge in [0.05, 0.1) is 5.69 Å². The van der Waals surface area contributed by atoms with Gasteiger partial charge in [-0.3, -0.25) is 0 Å². The lowest BCUT2D eigenvalue weighted by atomic mass is 9.70. The molecule has 0 unspecified atom stereocenters. The van der Waals surface area contributed by atoms with Crippen molar-refractivity contribution in [1.29, 1.82) is 0 Å². The predicted octanol–water partition coefficient (Wildman–Crippen LogP) is 41.5. The van der Waals surface area contributed by atoms with E-state index >= 15 is 0 Å². The van der Waals surface area contributed by atoms with Gasteiger partial charge in [-0.15, -0.1) is 0 Å². The first-order valence-corrected chi connectivity index (χ1v) is 55.7. The molecule has 0 radical (unpaired) electrons. The summed E-state index contributed by atoms with van der Waals surface area (Å²) in [4.78, 5) is 2.69. The van der Waals surface area contributed by atoms with Crippen LogP contribution >= 0.6 is 0 Å². The summed E-state index contributed by atoms with van der Waals surface area (Å²) in [6.07, 6.45) is 46.3. The molecule has 0 spiro atoms. The number of fused-ring (bicyclic) bond motifs is 20. The van der Waals surface area contributed by atoms with Crippen molar-refractivity contribution in [2.45, 2.75) is 361 Å². The third-order valence-electron chi connectivity index (χ3n) is 35.6. The van der Waals surface area contributed by atoms with Crippen LogP contribution in [-0.4, -0.2) is 0 Å². The van der Waals surface area contributed by atoms with E-state index in [2.05, 4.69) is 363 Å². The minimum atomic E-state index is -0.308. The number of hydrogen-bond acceptors (Lipinski definition) is 1. The van der Waals surface area contributed by atoms with Crippen LogP contribution < -0.4 is 4.90 Å². The zero-order valence-electron chi connectivity index (χ0n) is 87.2. The number of nitrogens with zero attached hydrogens (tertiary/aromatic N) is 1. The number of unbranched alkanes of at least 4 members (excludes halogenated alkanes) is 24. The third-order valence-corrected chi connectivity index (χ3v) is 35.6. The third kappa shape index (κ3) is 17.1. The van der Waals surface area contributed by atoms with Crippen LogP contribution in [0.25, 0.3) is 122 Å². The van der Waals surface area contributed by atoms with E-state index < -0.39 is 0 Å². The first-order valence-electron chi connectivity index (χ1n) is 55.7. The number of rotatable bonds is 43. The van der Waals surface area contributed by atoms with Crippen LogP contribution in [0.4, 0.5) is 17.1 Å². The standard InChI is InChI=1S/C138H157N/c1-15-21-27-33-47-77-136(78-48-34-28-22-16-2)117-58-44-41-53-104(117)111-73-65-102(89-125(111)136)100-63-71-109-107-69-61-98(85-120(107)133(9,10)122(109)87-100)96-67-75-129(94(7)83-96)139(131-93-128-132(114-57-40-39-56-113(114)131)116-92-127-115(91-124(116)135(128,13)14)106-55-43-46-60-119(106)138(127,81-51-37-31-25-19-5)82-52-38-32-26-20-6)130-76-68-97(84-95(130)8)99-62-70-108-110-72-64-101(88-123(110)134(11,12)121(108)86-99)103-66-74-112-105-54-42-45-59-118(105)137(126(112)90-103,79-49-35-29-23-17-3)80-50-36-30-24-18-4/h39-46,53-76,83-93H,15-38,47-52,77-82H2,1-14H3. The predicted molar refractivity (Wildman–Crippen MR) is 601 cm³/mol. The van der Waals surface area contributed by atoms with Crippen molar-refractivity contribution in [3.8, 4) is 111 Å². The molecule has 0 saturated carbocycles. The lowest BCUT2D eigenvalue weighted by Gasteiger charge is -2.33. The molecule has 0 amide bonds. The van der Waals surface area contributed by atoms with Crippen molar-refractivity contribution in [1.82, 2.24) is 0 Å². The molecule has 0 fully saturated rings. The first-order chi connectivity index (χ1) is 67.8. The molecular weight excluding hydrogens is 1670 g/mol. The molecule has 6 aliphatic carbocycles. The SMILES string of the molecule is CCCCCCCC1(CCCCCCC)c2ccccc2-c2ccc(-c3ccc4c(c3)C(C)(C)c3cc(-c5ccc(N(c6ccc(-c7ccc8c(c7)C(C)(C)c7cc(-c9ccc%10c(c9)C(CCCCCCC)(CCCCCCC)c9ccccc9-%10)ccc7-8)cc6C)c6cc7c(c8ccccc68)-c6cc8c(cc6C7(C)C)-c6ccccc6C8(CCCCCCC)CCCCCCC)c(C)c5)ccc3-4)cc21. The van der Waals surface area contributed by atoms with E-state index in [1.807, 2.05) is 0 Å². The largest absolute Gasteiger partial charge is 0.309 e. The Morgan fingerprint density at radius 1 is 0.180 bits per heavy atom. The van der Waals surface area contributed by atoms with Gasteiger partial charge in [-0.1, -0.05) is 458 Å². The van der Waals surface area contributed by atoms with Gasteiger partial charge in [0.25, 0.3) is 0 Å². The van der Waals surface area contributed by atoms with Crippen LogP contribution in [0.1, 0.15) is 392 Å². The summed E-state index contributed by atoms with van der Waals surface area (Å²) < 4.78 is 0. The minimum absolute atomic E-state index is 0.0265. The molecule has 139 heavy (non-hydrogen) atoms. The van der Waals surface area contributed by atoms with E-state index in [0.29, 0.717) is 0 Å². The van der Waals surface area contributed by atoms with Crippen LogP contribution in [-0.2, 0) is 32.5 Å². The number of hydrogen-bond donors (Lipinski definition) is 0. The Morgan fingerprint density at radius 3 is 0.741 bits per heavy atom. The van der Waals surface area contributed by atoms with Gasteiger partial charge in [-0.2, -0.15) is 0 Å². The summed E-state index contributed by atoms with van der Waals surface area (Å²) in [5.74, 6) is 0. The average Bonchev–Trinajstić information content (AvgIpc) is 1.52. The maximum absolute atomic E-state index is 2.77. The van der Waals surface area contributed by atoms with Crippen LogP contribution in [0.15, 0.2) is 261 Å². The summed E-state index contributed by atoms with van der Waals surface area (Å²) in [5, 5.41) is 2.61. The molecule has 0 bridgehead atoms. The molecule has 6 aliphatic rings. The molecule has 1 heteroatoms. The van der Waals surface area contributed by atoms with Gasteiger partial charge in [0, 0.05) is 49.3 Å². The van der Waals surface area contributed by atoms with Crippen LogP contribution in [0, 0.1) is 13.8 Å². The van der Waals surface area contributed by atoms with Gasteiger partial charge in [0.1, 0.15) is 0 Å². The zero-order chi connectivity index (χ0) is 96.0. The van der Waals surface area contributed by atoms with E-state index in [-0.39, 0.29) is 32.5 Å². The van der Waals surface area contributed by atoms with Gasteiger partial charge in [-0.05, 0) is 326 Å².